The van der Waals surface area contributed by atoms with E-state index in [1.54, 1.807) is 25.3 Å². The van der Waals surface area contributed by atoms with Gasteiger partial charge in [-0.15, -0.1) is 23.2 Å². The fourth-order valence-electron chi connectivity index (χ4n) is 6.80. The minimum absolute atomic E-state index is 0.156. The third-order valence-corrected chi connectivity index (χ3v) is 9.93. The zero-order chi connectivity index (χ0) is 28.9. The molecule has 41 heavy (non-hydrogen) atoms. The number of benzene rings is 3. The number of hydrogen-bond acceptors (Lipinski definition) is 5. The quantitative estimate of drug-likeness (QED) is 0.193. The molecule has 3 aromatic rings. The van der Waals surface area contributed by atoms with Crippen molar-refractivity contribution >= 4 is 46.6 Å². The molecule has 7 rings (SSSR count). The zero-order valence-electron chi connectivity index (χ0n) is 22.8. The Morgan fingerprint density at radius 3 is 1.83 bits per heavy atom. The average molecular weight is 594 g/mol. The molecule has 1 saturated heterocycles. The fourth-order valence-corrected chi connectivity index (χ4v) is 7.90. The van der Waals surface area contributed by atoms with Crippen molar-refractivity contribution in [2.75, 3.05) is 26.1 Å². The number of imide groups is 1. The lowest BCUT2D eigenvalue weighted by atomic mass is 9.54. The number of rotatable bonds is 9. The highest BCUT2D eigenvalue weighted by atomic mass is 35.5. The van der Waals surface area contributed by atoms with Crippen molar-refractivity contribution in [2.24, 2.45) is 11.8 Å². The molecule has 3 aliphatic carbocycles. The monoisotopic (exact) mass is 592 g/mol. The van der Waals surface area contributed by atoms with Crippen molar-refractivity contribution in [3.63, 3.8) is 0 Å². The van der Waals surface area contributed by atoms with E-state index in [2.05, 4.69) is 5.32 Å². The predicted molar refractivity (Wildman–Crippen MR) is 156 cm³/mol. The number of nitrogens with zero attached hydrogens (tertiary/aromatic N) is 1. The Balaban J connectivity index is 1.13. The van der Waals surface area contributed by atoms with E-state index in [-0.39, 0.29) is 30.7 Å². The van der Waals surface area contributed by atoms with Crippen LogP contribution in [0.15, 0.2) is 66.7 Å². The maximum Gasteiger partial charge on any atom is 0.235 e. The number of amides is 3. The highest BCUT2D eigenvalue weighted by Crippen LogP contribution is 2.69. The number of likely N-dealkylation sites (tertiary alicyclic amines) is 1. The van der Waals surface area contributed by atoms with Crippen LogP contribution in [0, 0.1) is 11.8 Å². The second-order valence-corrected chi connectivity index (χ2v) is 11.9. The lowest BCUT2D eigenvalue weighted by Crippen LogP contribution is -2.57. The van der Waals surface area contributed by atoms with Gasteiger partial charge in [-0.25, -0.2) is 0 Å². The van der Waals surface area contributed by atoms with Crippen LogP contribution in [0.4, 0.5) is 5.69 Å². The molecular weight excluding hydrogens is 563 g/mol. The van der Waals surface area contributed by atoms with Crippen LogP contribution in [0.1, 0.15) is 47.9 Å². The molecule has 2 bridgehead atoms. The average Bonchev–Trinajstić information content (AvgIpc) is 3.25. The van der Waals surface area contributed by atoms with Crippen LogP contribution in [0.3, 0.4) is 0 Å². The van der Waals surface area contributed by atoms with Gasteiger partial charge in [-0.05, 0) is 47.2 Å². The van der Waals surface area contributed by atoms with Crippen molar-refractivity contribution < 1.29 is 23.9 Å². The van der Waals surface area contributed by atoms with Crippen LogP contribution in [-0.2, 0) is 24.1 Å². The number of carbonyl (C=O) groups excluding carboxylic acids is 3. The molecule has 4 aliphatic rings. The molecule has 2 atom stereocenters. The van der Waals surface area contributed by atoms with E-state index < -0.39 is 21.6 Å². The summed E-state index contributed by atoms with van der Waals surface area (Å²) in [5.41, 5.74) is 3.70. The Kier molecular flexibility index (Phi) is 6.99. The number of unbranched alkanes of at least 4 members (excludes halogenated alkanes) is 2. The third-order valence-electron chi connectivity index (χ3n) is 8.64. The normalized spacial score (nSPS) is 25.4. The van der Waals surface area contributed by atoms with Crippen molar-refractivity contribution in [3.8, 4) is 11.5 Å². The van der Waals surface area contributed by atoms with Gasteiger partial charge in [0.15, 0.2) is 0 Å². The Bertz CT molecular complexity index is 1440. The summed E-state index contributed by atoms with van der Waals surface area (Å²) in [6, 6.07) is 20.4. The largest absolute Gasteiger partial charge is 0.497 e. The summed E-state index contributed by atoms with van der Waals surface area (Å²) < 4.78 is 10.6. The molecular formula is C32H30Cl2N2O5. The minimum atomic E-state index is -1.17. The maximum atomic E-state index is 13.9. The summed E-state index contributed by atoms with van der Waals surface area (Å²) in [4.78, 5) is 39.3. The van der Waals surface area contributed by atoms with E-state index in [4.69, 9.17) is 32.7 Å². The zero-order valence-corrected chi connectivity index (χ0v) is 24.3. The maximum absolute atomic E-state index is 13.9. The number of methoxy groups -OCH3 is 2. The molecule has 0 spiro atoms. The van der Waals surface area contributed by atoms with Crippen molar-refractivity contribution in [3.05, 3.63) is 89.0 Å². The lowest BCUT2D eigenvalue weighted by molar-refractivity contribution is -0.140. The first-order valence-corrected chi connectivity index (χ1v) is 14.5. The van der Waals surface area contributed by atoms with Crippen LogP contribution < -0.4 is 14.8 Å². The first kappa shape index (κ1) is 27.6. The van der Waals surface area contributed by atoms with Crippen LogP contribution >= 0.6 is 23.2 Å². The van der Waals surface area contributed by atoms with Crippen molar-refractivity contribution in [2.45, 2.75) is 35.4 Å². The number of alkyl halides is 2. The smallest absolute Gasteiger partial charge is 0.235 e. The fraction of sp³-hybridized carbons (Fsp3) is 0.344. The predicted octanol–water partition coefficient (Wildman–Crippen LogP) is 5.80. The number of anilines is 1. The van der Waals surface area contributed by atoms with E-state index in [9.17, 15) is 14.4 Å². The molecule has 3 amide bonds. The van der Waals surface area contributed by atoms with Gasteiger partial charge < -0.3 is 14.8 Å². The topological polar surface area (TPSA) is 84.9 Å². The summed E-state index contributed by atoms with van der Waals surface area (Å²) in [5.74, 6) is -1.15. The molecule has 0 aromatic heterocycles. The molecule has 0 radical (unpaired) electrons. The van der Waals surface area contributed by atoms with E-state index in [0.717, 1.165) is 22.3 Å². The lowest BCUT2D eigenvalue weighted by Gasteiger charge is -2.54. The van der Waals surface area contributed by atoms with Crippen LogP contribution in [0.25, 0.3) is 0 Å². The van der Waals surface area contributed by atoms with Gasteiger partial charge in [-0.2, -0.15) is 0 Å². The summed E-state index contributed by atoms with van der Waals surface area (Å²) in [7, 11) is 3.09. The summed E-state index contributed by atoms with van der Waals surface area (Å²) in [6.45, 7) is 0.253. The Hall–Kier alpha value is -3.55. The van der Waals surface area contributed by atoms with E-state index in [0.29, 0.717) is 36.4 Å². The summed E-state index contributed by atoms with van der Waals surface area (Å²) in [6.07, 6.45) is 2.11. The van der Waals surface area contributed by atoms with Crippen molar-refractivity contribution in [1.82, 2.24) is 4.90 Å². The molecule has 3 aromatic carbocycles. The van der Waals surface area contributed by atoms with E-state index in [1.807, 2.05) is 48.5 Å². The highest BCUT2D eigenvalue weighted by Gasteiger charge is 2.72. The van der Waals surface area contributed by atoms with Crippen molar-refractivity contribution in [1.29, 1.82) is 0 Å². The van der Waals surface area contributed by atoms with Gasteiger partial charge in [0.05, 0.1) is 31.7 Å². The SMILES string of the molecule is COc1ccc(OC)c(NC(=O)CCCCCN2C(=O)[C@@H]3[C@H](C2=O)C2(Cl)c4ccccc4C3(Cl)c3ccccc32)c1. The van der Waals surface area contributed by atoms with Gasteiger partial charge in [0.25, 0.3) is 0 Å². The molecule has 212 valence electrons. The van der Waals surface area contributed by atoms with Gasteiger partial charge in [0.2, 0.25) is 17.7 Å². The van der Waals surface area contributed by atoms with Crippen LogP contribution in [-0.4, -0.2) is 43.4 Å². The first-order valence-electron chi connectivity index (χ1n) is 13.7. The molecule has 1 fully saturated rings. The van der Waals surface area contributed by atoms with Gasteiger partial charge in [-0.1, -0.05) is 55.0 Å². The summed E-state index contributed by atoms with van der Waals surface area (Å²) >= 11 is 14.9. The van der Waals surface area contributed by atoms with E-state index >= 15 is 0 Å². The van der Waals surface area contributed by atoms with Gasteiger partial charge in [0.1, 0.15) is 21.2 Å². The van der Waals surface area contributed by atoms with Gasteiger partial charge >= 0.3 is 0 Å². The van der Waals surface area contributed by atoms with Crippen LogP contribution in [0.5, 0.6) is 11.5 Å². The number of ether oxygens (including phenoxy) is 2. The van der Waals surface area contributed by atoms with E-state index in [1.165, 1.54) is 12.0 Å². The molecule has 9 heteroatoms. The molecule has 0 saturated carbocycles. The number of halogens is 2. The first-order chi connectivity index (χ1) is 19.8. The number of carbonyl (C=O) groups is 3. The second kappa shape index (κ2) is 10.4. The van der Waals surface area contributed by atoms with Crippen LogP contribution in [0.2, 0.25) is 0 Å². The number of nitrogens with one attached hydrogen (secondary N) is 1. The van der Waals surface area contributed by atoms with Gasteiger partial charge in [0, 0.05) is 19.0 Å². The molecule has 7 nitrogen and oxygen atoms in total. The Morgan fingerprint density at radius 1 is 0.805 bits per heavy atom. The minimum Gasteiger partial charge on any atom is -0.497 e. The summed E-state index contributed by atoms with van der Waals surface area (Å²) in [5, 5.41) is 2.87. The Morgan fingerprint density at radius 2 is 1.34 bits per heavy atom. The highest BCUT2D eigenvalue weighted by molar-refractivity contribution is 6.36. The Labute approximate surface area is 248 Å². The molecule has 1 heterocycles. The third kappa shape index (κ3) is 4.04. The number of hydrogen-bond donors (Lipinski definition) is 1. The molecule has 0 unspecified atom stereocenters. The standard InChI is InChI=1S/C32H30Cl2N2O5/c1-40-19-15-16-25(41-2)24(18-19)35-26(37)14-4-3-9-17-36-29(38)27-28(30(36)39)32(34)21-11-6-5-10-20(21)31(27,33)22-12-7-8-13-23(22)32/h5-8,10-13,15-16,18,27-28H,3-4,9,14,17H2,1-2H3,(H,35,37)/t27-,28+,31?,32?. The van der Waals surface area contributed by atoms with Gasteiger partial charge in [-0.3, -0.25) is 19.3 Å². The second-order valence-electron chi connectivity index (χ2n) is 10.7. The molecule has 1 aliphatic heterocycles. The molecule has 1 N–H and O–H groups in total.